The Labute approximate surface area is 68.9 Å². The van der Waals surface area contributed by atoms with Gasteiger partial charge in [-0.3, -0.25) is 0 Å². The minimum atomic E-state index is 0.376. The lowest BCUT2D eigenvalue weighted by atomic mass is 10.3. The van der Waals surface area contributed by atoms with E-state index in [1.807, 2.05) is 25.2 Å². The molecule has 2 atom stereocenters. The summed E-state index contributed by atoms with van der Waals surface area (Å²) in [5.74, 6) is 0. The van der Waals surface area contributed by atoms with E-state index in [0.29, 0.717) is 5.66 Å². The Balaban J connectivity index is 2.90. The summed E-state index contributed by atoms with van der Waals surface area (Å²) < 4.78 is 0. The van der Waals surface area contributed by atoms with Gasteiger partial charge in [-0.25, -0.2) is 0 Å². The minimum absolute atomic E-state index is 0.376. The summed E-state index contributed by atoms with van der Waals surface area (Å²) >= 11 is 5.91. The third kappa shape index (κ3) is 1.97. The highest BCUT2D eigenvalue weighted by Gasteiger charge is 2.00. The molecule has 2 heteroatoms. The van der Waals surface area contributed by atoms with Crippen LogP contribution in [0.15, 0.2) is 34.9 Å². The molecule has 1 aliphatic carbocycles. The third-order valence-electron chi connectivity index (χ3n) is 1.40. The molecule has 0 radical (unpaired) electrons. The van der Waals surface area contributed by atoms with Crippen LogP contribution in [0.4, 0.5) is 0 Å². The summed E-state index contributed by atoms with van der Waals surface area (Å²) in [5, 5.41) is 0.852. The van der Waals surface area contributed by atoms with Gasteiger partial charge in [0.25, 0.3) is 0 Å². The van der Waals surface area contributed by atoms with Crippen LogP contribution in [0, 0.1) is 0 Å². The number of allylic oxidation sites excluding steroid dienone is 6. The largest absolute Gasteiger partial charge is 0.126 e. The van der Waals surface area contributed by atoms with Gasteiger partial charge in [0.1, 0.15) is 0 Å². The van der Waals surface area contributed by atoms with E-state index in [0.717, 1.165) is 10.6 Å². The van der Waals surface area contributed by atoms with Crippen molar-refractivity contribution >= 4 is 20.8 Å². The number of hydrogen-bond donors (Lipinski definition) is 0. The van der Waals surface area contributed by atoms with Gasteiger partial charge in [0.2, 0.25) is 0 Å². The zero-order valence-corrected chi connectivity index (χ0v) is 7.75. The first-order valence-electron chi connectivity index (χ1n) is 3.18. The van der Waals surface area contributed by atoms with Gasteiger partial charge in [0.15, 0.2) is 0 Å². The van der Waals surface area contributed by atoms with Crippen molar-refractivity contribution in [3.63, 3.8) is 0 Å². The fraction of sp³-hybridized carbons (Fsp3) is 0.250. The van der Waals surface area contributed by atoms with E-state index in [1.54, 1.807) is 0 Å². The van der Waals surface area contributed by atoms with Gasteiger partial charge in [-0.15, -0.1) is 9.24 Å². The molecule has 0 fully saturated rings. The maximum absolute atomic E-state index is 5.91. The summed E-state index contributed by atoms with van der Waals surface area (Å²) in [4.78, 5) is 0. The second-order valence-corrected chi connectivity index (χ2v) is 3.50. The second kappa shape index (κ2) is 3.37. The van der Waals surface area contributed by atoms with Crippen molar-refractivity contribution in [1.29, 1.82) is 0 Å². The van der Waals surface area contributed by atoms with Crippen LogP contribution in [0.1, 0.15) is 6.92 Å². The van der Waals surface area contributed by atoms with Crippen LogP contribution in [0.5, 0.6) is 0 Å². The zero-order valence-electron chi connectivity index (χ0n) is 5.84. The van der Waals surface area contributed by atoms with Crippen LogP contribution in [0.3, 0.4) is 0 Å². The molecule has 0 aromatic carbocycles. The van der Waals surface area contributed by atoms with Crippen molar-refractivity contribution in [2.24, 2.45) is 0 Å². The lowest BCUT2D eigenvalue weighted by molar-refractivity contribution is 1.40. The predicted octanol–water partition coefficient (Wildman–Crippen LogP) is 2.87. The highest BCUT2D eigenvalue weighted by molar-refractivity contribution is 7.18. The van der Waals surface area contributed by atoms with Gasteiger partial charge in [-0.05, 0) is 12.5 Å². The molecular formula is C8H10ClP. The van der Waals surface area contributed by atoms with E-state index < -0.39 is 0 Å². The molecule has 2 unspecified atom stereocenters. The van der Waals surface area contributed by atoms with Gasteiger partial charge in [-0.2, -0.15) is 0 Å². The Kier molecular flexibility index (Phi) is 2.71. The van der Waals surface area contributed by atoms with E-state index in [1.165, 1.54) is 0 Å². The van der Waals surface area contributed by atoms with Crippen LogP contribution in [0.2, 0.25) is 0 Å². The van der Waals surface area contributed by atoms with Crippen LogP contribution >= 0.6 is 20.8 Å². The lowest BCUT2D eigenvalue weighted by Crippen LogP contribution is -1.84. The van der Waals surface area contributed by atoms with Crippen LogP contribution in [0.25, 0.3) is 0 Å². The number of hydrogen-bond acceptors (Lipinski definition) is 0. The molecule has 0 heterocycles. The average Bonchev–Trinajstić information content (AvgIpc) is 1.96. The molecule has 0 nitrogen and oxygen atoms in total. The summed E-state index contributed by atoms with van der Waals surface area (Å²) in [6.45, 7) is 2.01. The summed E-state index contributed by atoms with van der Waals surface area (Å²) in [7, 11) is 2.70. The monoisotopic (exact) mass is 172 g/mol. The molecular weight excluding hydrogens is 163 g/mol. The SMILES string of the molecule is CC1=CC=CC(P)C=C1Cl. The van der Waals surface area contributed by atoms with E-state index in [2.05, 4.69) is 15.3 Å². The van der Waals surface area contributed by atoms with Gasteiger partial charge < -0.3 is 0 Å². The van der Waals surface area contributed by atoms with Crippen LogP contribution in [-0.2, 0) is 0 Å². The normalized spacial score (nSPS) is 25.3. The molecule has 0 amide bonds. The van der Waals surface area contributed by atoms with Crippen molar-refractivity contribution in [2.75, 3.05) is 0 Å². The van der Waals surface area contributed by atoms with Crippen molar-refractivity contribution in [3.8, 4) is 0 Å². The Morgan fingerprint density at radius 2 is 2.30 bits per heavy atom. The molecule has 0 N–H and O–H groups in total. The van der Waals surface area contributed by atoms with Gasteiger partial charge in [-0.1, -0.05) is 35.9 Å². The van der Waals surface area contributed by atoms with Gasteiger partial charge in [0.05, 0.1) is 0 Å². The van der Waals surface area contributed by atoms with Gasteiger partial charge >= 0.3 is 0 Å². The first-order valence-corrected chi connectivity index (χ1v) is 4.23. The van der Waals surface area contributed by atoms with Crippen molar-refractivity contribution in [1.82, 2.24) is 0 Å². The molecule has 0 spiro atoms. The Morgan fingerprint density at radius 1 is 1.60 bits per heavy atom. The highest BCUT2D eigenvalue weighted by Crippen LogP contribution is 2.20. The fourth-order valence-corrected chi connectivity index (χ4v) is 1.41. The molecule has 0 aliphatic heterocycles. The quantitative estimate of drug-likeness (QED) is 0.493. The number of rotatable bonds is 0. The maximum atomic E-state index is 5.91. The lowest BCUT2D eigenvalue weighted by Gasteiger charge is -1.97. The summed E-state index contributed by atoms with van der Waals surface area (Å²) in [6, 6.07) is 0. The molecule has 1 aliphatic rings. The Hall–Kier alpha value is -0.0600. The minimum Gasteiger partial charge on any atom is -0.126 e. The predicted molar refractivity (Wildman–Crippen MR) is 50.3 cm³/mol. The fourth-order valence-electron chi connectivity index (χ4n) is 0.764. The van der Waals surface area contributed by atoms with Crippen LogP contribution < -0.4 is 0 Å². The van der Waals surface area contributed by atoms with Crippen molar-refractivity contribution in [2.45, 2.75) is 12.6 Å². The molecule has 0 saturated heterocycles. The van der Waals surface area contributed by atoms with E-state index in [4.69, 9.17) is 11.6 Å². The first-order chi connectivity index (χ1) is 4.70. The summed E-state index contributed by atoms with van der Waals surface area (Å²) in [5.41, 5.74) is 1.50. The van der Waals surface area contributed by atoms with Crippen LogP contribution in [-0.4, -0.2) is 5.66 Å². The zero-order chi connectivity index (χ0) is 7.56. The molecule has 54 valence electrons. The molecule has 1 rings (SSSR count). The topological polar surface area (TPSA) is 0 Å². The second-order valence-electron chi connectivity index (χ2n) is 2.33. The first kappa shape index (κ1) is 8.04. The van der Waals surface area contributed by atoms with E-state index in [9.17, 15) is 0 Å². The molecule has 0 saturated carbocycles. The molecule has 0 bridgehead atoms. The molecule has 0 aromatic rings. The Bertz CT molecular complexity index is 213. The van der Waals surface area contributed by atoms with Crippen molar-refractivity contribution < 1.29 is 0 Å². The smallest absolute Gasteiger partial charge is 0.0404 e. The van der Waals surface area contributed by atoms with E-state index >= 15 is 0 Å². The average molecular weight is 173 g/mol. The Morgan fingerprint density at radius 3 is 3.00 bits per heavy atom. The van der Waals surface area contributed by atoms with Gasteiger partial charge in [0, 0.05) is 10.7 Å². The summed E-state index contributed by atoms with van der Waals surface area (Å²) in [6.07, 6.45) is 8.15. The molecule has 0 aromatic heterocycles. The number of halogens is 1. The van der Waals surface area contributed by atoms with Crippen molar-refractivity contribution in [3.05, 3.63) is 34.9 Å². The maximum Gasteiger partial charge on any atom is 0.0404 e. The van der Waals surface area contributed by atoms with E-state index in [-0.39, 0.29) is 0 Å². The highest BCUT2D eigenvalue weighted by atomic mass is 35.5. The standard InChI is InChI=1S/C8H10ClP/c1-6-3-2-4-7(10)5-8(6)9/h2-5,7H,10H2,1H3. The molecule has 10 heavy (non-hydrogen) atoms. The third-order valence-corrected chi connectivity index (χ3v) is 2.23.